The fraction of sp³-hybridized carbons (Fsp3) is 0.0833. The Morgan fingerprint density at radius 2 is 1.67 bits per heavy atom. The highest BCUT2D eigenvalue weighted by molar-refractivity contribution is 7.92. The Morgan fingerprint density at radius 1 is 0.970 bits per heavy atom. The summed E-state index contributed by atoms with van der Waals surface area (Å²) < 4.78 is 28.7. The van der Waals surface area contributed by atoms with Gasteiger partial charge in [-0.1, -0.05) is 35.9 Å². The van der Waals surface area contributed by atoms with Gasteiger partial charge in [-0.15, -0.1) is 0 Å². The molecule has 1 amide bonds. The van der Waals surface area contributed by atoms with Gasteiger partial charge in [-0.05, 0) is 61.5 Å². The van der Waals surface area contributed by atoms with E-state index in [0.29, 0.717) is 27.8 Å². The Hall–Kier alpha value is -3.62. The van der Waals surface area contributed by atoms with Crippen LogP contribution in [-0.2, 0) is 10.0 Å². The highest BCUT2D eigenvalue weighted by Crippen LogP contribution is 2.23. The van der Waals surface area contributed by atoms with E-state index >= 15 is 0 Å². The van der Waals surface area contributed by atoms with Crippen molar-refractivity contribution in [1.29, 1.82) is 0 Å². The van der Waals surface area contributed by atoms with E-state index in [0.717, 1.165) is 5.69 Å². The van der Waals surface area contributed by atoms with Crippen molar-refractivity contribution < 1.29 is 13.2 Å². The molecule has 1 heterocycles. The molecule has 1 aromatic heterocycles. The molecule has 0 saturated heterocycles. The predicted molar refractivity (Wildman–Crippen MR) is 130 cm³/mol. The number of nitrogens with one attached hydrogen (secondary N) is 1. The third-order valence-electron chi connectivity index (χ3n) is 5.02. The van der Waals surface area contributed by atoms with Gasteiger partial charge in [0.2, 0.25) is 0 Å². The fourth-order valence-electron chi connectivity index (χ4n) is 3.29. The zero-order valence-electron chi connectivity index (χ0n) is 17.9. The molecule has 0 saturated carbocycles. The summed E-state index contributed by atoms with van der Waals surface area (Å²) in [6.45, 7) is 1.82. The second-order valence-corrected chi connectivity index (χ2v) is 9.75. The largest absolute Gasteiger partial charge is 0.306 e. The van der Waals surface area contributed by atoms with Gasteiger partial charge in [0.25, 0.3) is 15.9 Å². The summed E-state index contributed by atoms with van der Waals surface area (Å²) >= 11 is 6.09. The summed E-state index contributed by atoms with van der Waals surface area (Å²) in [6.07, 6.45) is 0. The zero-order chi connectivity index (χ0) is 23.6. The SMILES string of the molecule is Cc1cc(NC(=O)c2ccc(S(=O)(=O)N(C)c3ccccc3)cc2)n(-c2cccc(Cl)c2)n1. The second kappa shape index (κ2) is 9.09. The number of rotatable bonds is 6. The second-order valence-electron chi connectivity index (χ2n) is 7.35. The first-order valence-electron chi connectivity index (χ1n) is 10.0. The van der Waals surface area contributed by atoms with E-state index in [1.165, 1.54) is 35.6 Å². The van der Waals surface area contributed by atoms with Crippen molar-refractivity contribution in [3.8, 4) is 5.69 Å². The number of carbonyl (C=O) groups is 1. The number of aryl methyl sites for hydroxylation is 1. The first kappa shape index (κ1) is 22.6. The number of carbonyl (C=O) groups excluding carboxylic acids is 1. The minimum Gasteiger partial charge on any atom is -0.306 e. The van der Waals surface area contributed by atoms with Crippen LogP contribution in [0.15, 0.2) is 89.8 Å². The lowest BCUT2D eigenvalue weighted by molar-refractivity contribution is 0.102. The molecule has 0 unspecified atom stereocenters. The number of amides is 1. The van der Waals surface area contributed by atoms with Gasteiger partial charge in [-0.25, -0.2) is 13.1 Å². The van der Waals surface area contributed by atoms with Gasteiger partial charge in [0.1, 0.15) is 5.82 Å². The van der Waals surface area contributed by atoms with Crippen LogP contribution in [0, 0.1) is 6.92 Å². The van der Waals surface area contributed by atoms with E-state index < -0.39 is 15.9 Å². The van der Waals surface area contributed by atoms with Crippen molar-refractivity contribution in [2.45, 2.75) is 11.8 Å². The van der Waals surface area contributed by atoms with Gasteiger partial charge in [-0.2, -0.15) is 5.10 Å². The van der Waals surface area contributed by atoms with Crippen molar-refractivity contribution in [3.05, 3.63) is 101 Å². The Kier molecular flexibility index (Phi) is 6.22. The van der Waals surface area contributed by atoms with Gasteiger partial charge >= 0.3 is 0 Å². The molecule has 9 heteroatoms. The smallest absolute Gasteiger partial charge is 0.264 e. The average Bonchev–Trinajstić information content (AvgIpc) is 3.19. The van der Waals surface area contributed by atoms with Crippen molar-refractivity contribution in [3.63, 3.8) is 0 Å². The maximum atomic E-state index is 12.9. The molecule has 0 aliphatic carbocycles. The molecule has 4 aromatic rings. The maximum absolute atomic E-state index is 12.9. The summed E-state index contributed by atoms with van der Waals surface area (Å²) in [5.74, 6) is 0.0822. The summed E-state index contributed by atoms with van der Waals surface area (Å²) in [5, 5.41) is 7.80. The average molecular weight is 481 g/mol. The number of hydrogen-bond donors (Lipinski definition) is 1. The number of benzene rings is 3. The van der Waals surface area contributed by atoms with Crippen LogP contribution in [0.4, 0.5) is 11.5 Å². The van der Waals surface area contributed by atoms with Crippen LogP contribution in [0.25, 0.3) is 5.69 Å². The van der Waals surface area contributed by atoms with Crippen LogP contribution in [0.5, 0.6) is 0 Å². The van der Waals surface area contributed by atoms with E-state index in [4.69, 9.17) is 11.6 Å². The molecular formula is C24H21ClN4O3S. The standard InChI is InChI=1S/C24H21ClN4O3S/c1-17-15-23(29(27-17)21-10-6-7-19(25)16-21)26-24(30)18-11-13-22(14-12-18)33(31,32)28(2)20-8-4-3-5-9-20/h3-16H,1-2H3,(H,26,30). The number of nitrogens with zero attached hydrogens (tertiary/aromatic N) is 3. The minimum atomic E-state index is -3.76. The van der Waals surface area contributed by atoms with Crippen LogP contribution < -0.4 is 9.62 Å². The zero-order valence-corrected chi connectivity index (χ0v) is 19.5. The first-order valence-corrected chi connectivity index (χ1v) is 11.9. The Morgan fingerprint density at radius 3 is 2.33 bits per heavy atom. The van der Waals surface area contributed by atoms with Crippen molar-refractivity contribution in [1.82, 2.24) is 9.78 Å². The van der Waals surface area contributed by atoms with E-state index in [9.17, 15) is 13.2 Å². The molecule has 0 bridgehead atoms. The minimum absolute atomic E-state index is 0.0882. The van der Waals surface area contributed by atoms with Gasteiger partial charge in [0.05, 0.1) is 22.0 Å². The molecule has 33 heavy (non-hydrogen) atoms. The molecule has 0 aliphatic heterocycles. The van der Waals surface area contributed by atoms with Gasteiger partial charge < -0.3 is 5.32 Å². The van der Waals surface area contributed by atoms with Gasteiger partial charge in [-0.3, -0.25) is 9.10 Å². The van der Waals surface area contributed by atoms with Crippen molar-refractivity contribution in [2.24, 2.45) is 0 Å². The highest BCUT2D eigenvalue weighted by Gasteiger charge is 2.22. The van der Waals surface area contributed by atoms with Crippen molar-refractivity contribution >= 4 is 39.0 Å². The van der Waals surface area contributed by atoms with Crippen LogP contribution in [0.1, 0.15) is 16.1 Å². The molecule has 0 aliphatic rings. The number of hydrogen-bond acceptors (Lipinski definition) is 4. The van der Waals surface area contributed by atoms with Gasteiger partial charge in [0, 0.05) is 23.7 Å². The molecule has 7 nitrogen and oxygen atoms in total. The highest BCUT2D eigenvalue weighted by atomic mass is 35.5. The molecule has 4 rings (SSSR count). The number of para-hydroxylation sites is 1. The van der Waals surface area contributed by atoms with E-state index in [-0.39, 0.29) is 4.90 Å². The van der Waals surface area contributed by atoms with Crippen LogP contribution in [0.2, 0.25) is 5.02 Å². The van der Waals surface area contributed by atoms with Gasteiger partial charge in [0.15, 0.2) is 0 Å². The lowest BCUT2D eigenvalue weighted by Crippen LogP contribution is -2.26. The lowest BCUT2D eigenvalue weighted by Gasteiger charge is -2.19. The maximum Gasteiger partial charge on any atom is 0.264 e. The number of anilines is 2. The van der Waals surface area contributed by atoms with Crippen LogP contribution >= 0.6 is 11.6 Å². The van der Waals surface area contributed by atoms with E-state index in [1.54, 1.807) is 53.2 Å². The number of halogens is 1. The molecule has 168 valence electrons. The summed E-state index contributed by atoms with van der Waals surface area (Å²) in [5.41, 5.74) is 2.28. The summed E-state index contributed by atoms with van der Waals surface area (Å²) in [4.78, 5) is 12.9. The quantitative estimate of drug-likeness (QED) is 0.425. The number of aromatic nitrogens is 2. The molecule has 0 radical (unpaired) electrons. The molecule has 1 N–H and O–H groups in total. The molecule has 0 fully saturated rings. The number of sulfonamides is 1. The molecular weight excluding hydrogens is 460 g/mol. The Labute approximate surface area is 197 Å². The third kappa shape index (κ3) is 4.76. The Balaban J connectivity index is 1.56. The predicted octanol–water partition coefficient (Wildman–Crippen LogP) is 4.91. The Bertz CT molecular complexity index is 1400. The molecule has 0 atom stereocenters. The van der Waals surface area contributed by atoms with E-state index in [1.807, 2.05) is 19.1 Å². The normalized spacial score (nSPS) is 11.2. The van der Waals surface area contributed by atoms with Crippen LogP contribution in [-0.4, -0.2) is 31.2 Å². The lowest BCUT2D eigenvalue weighted by atomic mass is 10.2. The summed E-state index contributed by atoms with van der Waals surface area (Å²) in [6, 6.07) is 23.4. The monoisotopic (exact) mass is 480 g/mol. The van der Waals surface area contributed by atoms with Crippen molar-refractivity contribution in [2.75, 3.05) is 16.7 Å². The topological polar surface area (TPSA) is 84.3 Å². The molecule has 0 spiro atoms. The third-order valence-corrected chi connectivity index (χ3v) is 7.06. The van der Waals surface area contributed by atoms with Crippen LogP contribution in [0.3, 0.4) is 0 Å². The fourth-order valence-corrected chi connectivity index (χ4v) is 4.67. The molecule has 3 aromatic carbocycles. The summed E-state index contributed by atoms with van der Waals surface area (Å²) in [7, 11) is -2.27. The van der Waals surface area contributed by atoms with E-state index in [2.05, 4.69) is 10.4 Å². The first-order chi connectivity index (χ1) is 15.8.